The Morgan fingerprint density at radius 3 is 2.62 bits per heavy atom. The number of esters is 1. The highest BCUT2D eigenvalue weighted by Crippen LogP contribution is 2.37. The highest BCUT2D eigenvalue weighted by atomic mass is 35.5. The predicted octanol–water partition coefficient (Wildman–Crippen LogP) is 3.74. The smallest absolute Gasteiger partial charge is 0.339 e. The Morgan fingerprint density at radius 1 is 1.27 bits per heavy atom. The summed E-state index contributed by atoms with van der Waals surface area (Å²) >= 11 is 6.28. The Balaban J connectivity index is 2.09. The Hall–Kier alpha value is -1.95. The molecule has 0 radical (unpaired) electrons. The van der Waals surface area contributed by atoms with Gasteiger partial charge in [-0.2, -0.15) is 0 Å². The molecule has 1 atom stereocenters. The quantitative estimate of drug-likeness (QED) is 0.492. The van der Waals surface area contributed by atoms with Crippen LogP contribution in [0.4, 0.5) is 0 Å². The second kappa shape index (κ2) is 9.67. The Labute approximate surface area is 159 Å². The van der Waals surface area contributed by atoms with Crippen molar-refractivity contribution in [2.45, 2.75) is 58.6 Å². The molecule has 2 rings (SSSR count). The standard InChI is InChI=1S/C19H26ClNO5/c1-4-6-9-25-17-15(20)10-13(11-16(17)24-5-2)19(23)26-12(3)18(22)21-14-7-8-14/h10-12,14H,4-9H2,1-3H3,(H,21,22)/t12-/m1/s1. The fourth-order valence-corrected chi connectivity index (χ4v) is 2.50. The first-order chi connectivity index (χ1) is 12.5. The molecule has 1 aliphatic carbocycles. The number of amides is 1. The normalized spacial score (nSPS) is 14.5. The number of carbonyl (C=O) groups excluding carboxylic acids is 2. The minimum Gasteiger partial charge on any atom is -0.490 e. The Bertz CT molecular complexity index is 645. The summed E-state index contributed by atoms with van der Waals surface area (Å²) in [5.74, 6) is -0.126. The van der Waals surface area contributed by atoms with Crippen molar-refractivity contribution in [3.8, 4) is 11.5 Å². The molecule has 7 heteroatoms. The highest BCUT2D eigenvalue weighted by molar-refractivity contribution is 6.32. The minimum atomic E-state index is -0.877. The van der Waals surface area contributed by atoms with E-state index in [-0.39, 0.29) is 22.5 Å². The third kappa shape index (κ3) is 5.80. The van der Waals surface area contributed by atoms with Gasteiger partial charge < -0.3 is 19.5 Å². The summed E-state index contributed by atoms with van der Waals surface area (Å²) in [7, 11) is 0. The molecule has 26 heavy (non-hydrogen) atoms. The van der Waals surface area contributed by atoms with E-state index >= 15 is 0 Å². The van der Waals surface area contributed by atoms with E-state index in [2.05, 4.69) is 12.2 Å². The van der Waals surface area contributed by atoms with Gasteiger partial charge in [0.15, 0.2) is 17.6 Å². The fraction of sp³-hybridized carbons (Fsp3) is 0.579. The molecule has 1 aromatic carbocycles. The van der Waals surface area contributed by atoms with E-state index < -0.39 is 12.1 Å². The third-order valence-electron chi connectivity index (χ3n) is 3.87. The second-order valence-electron chi connectivity index (χ2n) is 6.25. The molecule has 0 saturated heterocycles. The van der Waals surface area contributed by atoms with Gasteiger partial charge in [-0.15, -0.1) is 0 Å². The number of nitrogens with one attached hydrogen (secondary N) is 1. The summed E-state index contributed by atoms with van der Waals surface area (Å²) < 4.78 is 16.5. The summed E-state index contributed by atoms with van der Waals surface area (Å²) in [6.45, 7) is 6.35. The number of rotatable bonds is 10. The van der Waals surface area contributed by atoms with E-state index in [1.165, 1.54) is 12.1 Å². The molecule has 1 fully saturated rings. The summed E-state index contributed by atoms with van der Waals surface area (Å²) in [5, 5.41) is 3.08. The predicted molar refractivity (Wildman–Crippen MR) is 99.1 cm³/mol. The fourth-order valence-electron chi connectivity index (χ4n) is 2.24. The lowest BCUT2D eigenvalue weighted by Gasteiger charge is -2.16. The summed E-state index contributed by atoms with van der Waals surface area (Å²) in [6, 6.07) is 3.21. The number of benzene rings is 1. The molecule has 6 nitrogen and oxygen atoms in total. The van der Waals surface area contributed by atoms with Crippen LogP contribution in [-0.4, -0.2) is 37.2 Å². The van der Waals surface area contributed by atoms with Crippen molar-refractivity contribution in [2.24, 2.45) is 0 Å². The lowest BCUT2D eigenvalue weighted by atomic mass is 10.2. The molecule has 0 unspecified atom stereocenters. The second-order valence-corrected chi connectivity index (χ2v) is 6.66. The van der Waals surface area contributed by atoms with Gasteiger partial charge in [0.1, 0.15) is 0 Å². The van der Waals surface area contributed by atoms with Gasteiger partial charge in [0.25, 0.3) is 5.91 Å². The first kappa shape index (κ1) is 20.4. The van der Waals surface area contributed by atoms with Crippen LogP contribution >= 0.6 is 11.6 Å². The number of halogens is 1. The zero-order chi connectivity index (χ0) is 19.1. The van der Waals surface area contributed by atoms with Crippen molar-refractivity contribution in [1.29, 1.82) is 0 Å². The number of hydrogen-bond donors (Lipinski definition) is 1. The van der Waals surface area contributed by atoms with E-state index in [4.69, 9.17) is 25.8 Å². The van der Waals surface area contributed by atoms with Crippen LogP contribution in [0.5, 0.6) is 11.5 Å². The lowest BCUT2D eigenvalue weighted by Crippen LogP contribution is -2.37. The molecule has 1 saturated carbocycles. The maximum absolute atomic E-state index is 12.4. The number of unbranched alkanes of at least 4 members (excludes halogenated alkanes) is 1. The number of carbonyl (C=O) groups is 2. The summed E-state index contributed by atoms with van der Waals surface area (Å²) in [4.78, 5) is 24.3. The molecule has 0 bridgehead atoms. The first-order valence-electron chi connectivity index (χ1n) is 9.06. The monoisotopic (exact) mass is 383 g/mol. The van der Waals surface area contributed by atoms with Crippen LogP contribution in [0, 0.1) is 0 Å². The average molecular weight is 384 g/mol. The van der Waals surface area contributed by atoms with Crippen molar-refractivity contribution in [3.05, 3.63) is 22.7 Å². The van der Waals surface area contributed by atoms with Gasteiger partial charge in [0.05, 0.1) is 23.8 Å². The van der Waals surface area contributed by atoms with Gasteiger partial charge in [-0.3, -0.25) is 4.79 Å². The van der Waals surface area contributed by atoms with Gasteiger partial charge in [0, 0.05) is 6.04 Å². The van der Waals surface area contributed by atoms with Gasteiger partial charge in [0.2, 0.25) is 0 Å². The van der Waals surface area contributed by atoms with Crippen LogP contribution in [0.15, 0.2) is 12.1 Å². The van der Waals surface area contributed by atoms with Gasteiger partial charge in [-0.1, -0.05) is 24.9 Å². The van der Waals surface area contributed by atoms with Crippen LogP contribution in [-0.2, 0) is 9.53 Å². The zero-order valence-electron chi connectivity index (χ0n) is 15.5. The van der Waals surface area contributed by atoms with Crippen LogP contribution in [0.1, 0.15) is 56.8 Å². The van der Waals surface area contributed by atoms with Crippen LogP contribution in [0.2, 0.25) is 5.02 Å². The SMILES string of the molecule is CCCCOc1c(Cl)cc(C(=O)O[C@H](C)C(=O)NC2CC2)cc1OCC. The number of ether oxygens (including phenoxy) is 3. The lowest BCUT2D eigenvalue weighted by molar-refractivity contribution is -0.129. The molecule has 0 aliphatic heterocycles. The largest absolute Gasteiger partial charge is 0.490 e. The van der Waals surface area contributed by atoms with Gasteiger partial charge in [-0.05, 0) is 45.2 Å². The van der Waals surface area contributed by atoms with Crippen LogP contribution < -0.4 is 14.8 Å². The van der Waals surface area contributed by atoms with Crippen molar-refractivity contribution >= 4 is 23.5 Å². The summed E-state index contributed by atoms with van der Waals surface area (Å²) in [5.41, 5.74) is 0.215. The Kier molecular flexibility index (Phi) is 7.57. The minimum absolute atomic E-state index is 0.210. The summed E-state index contributed by atoms with van der Waals surface area (Å²) in [6.07, 6.45) is 2.95. The maximum atomic E-state index is 12.4. The van der Waals surface area contributed by atoms with Gasteiger partial charge >= 0.3 is 5.97 Å². The molecule has 1 aliphatic rings. The molecule has 1 amide bonds. The van der Waals surface area contributed by atoms with E-state index in [9.17, 15) is 9.59 Å². The van der Waals surface area contributed by atoms with E-state index in [0.717, 1.165) is 25.7 Å². The van der Waals surface area contributed by atoms with Crippen LogP contribution in [0.3, 0.4) is 0 Å². The van der Waals surface area contributed by atoms with E-state index in [0.29, 0.717) is 24.7 Å². The van der Waals surface area contributed by atoms with Crippen molar-refractivity contribution in [1.82, 2.24) is 5.32 Å². The molecule has 0 aromatic heterocycles. The molecule has 1 N–H and O–H groups in total. The molecule has 144 valence electrons. The molecule has 1 aromatic rings. The average Bonchev–Trinajstić information content (AvgIpc) is 3.41. The van der Waals surface area contributed by atoms with Crippen molar-refractivity contribution in [2.75, 3.05) is 13.2 Å². The Morgan fingerprint density at radius 2 is 2.00 bits per heavy atom. The zero-order valence-corrected chi connectivity index (χ0v) is 16.2. The van der Waals surface area contributed by atoms with Gasteiger partial charge in [-0.25, -0.2) is 4.79 Å². The topological polar surface area (TPSA) is 73.9 Å². The van der Waals surface area contributed by atoms with Crippen molar-refractivity contribution in [3.63, 3.8) is 0 Å². The third-order valence-corrected chi connectivity index (χ3v) is 4.15. The molecule has 0 spiro atoms. The van der Waals surface area contributed by atoms with Crippen molar-refractivity contribution < 1.29 is 23.8 Å². The first-order valence-corrected chi connectivity index (χ1v) is 9.44. The molecule has 0 heterocycles. The molecular weight excluding hydrogens is 358 g/mol. The van der Waals surface area contributed by atoms with E-state index in [1.54, 1.807) is 6.92 Å². The molecular formula is C19H26ClNO5. The van der Waals surface area contributed by atoms with Crippen LogP contribution in [0.25, 0.3) is 0 Å². The van der Waals surface area contributed by atoms with E-state index in [1.807, 2.05) is 6.92 Å². The maximum Gasteiger partial charge on any atom is 0.339 e. The highest BCUT2D eigenvalue weighted by Gasteiger charge is 2.28. The number of hydrogen-bond acceptors (Lipinski definition) is 5.